The number of piperazine rings is 1. The summed E-state index contributed by atoms with van der Waals surface area (Å²) in [6, 6.07) is 0. The molecule has 0 N–H and O–H groups in total. The van der Waals surface area contributed by atoms with Crippen LogP contribution in [0.4, 0.5) is 0 Å². The highest BCUT2D eigenvalue weighted by Crippen LogP contribution is 2.33. The van der Waals surface area contributed by atoms with E-state index in [1.165, 1.54) is 58.7 Å². The fourth-order valence-corrected chi connectivity index (χ4v) is 3.60. The average molecular weight is 253 g/mol. The Labute approximate surface area is 113 Å². The maximum atomic E-state index is 2.74. The van der Waals surface area contributed by atoms with Gasteiger partial charge in [0.15, 0.2) is 0 Å². The Bertz CT molecular complexity index is 248. The van der Waals surface area contributed by atoms with Crippen LogP contribution in [0.15, 0.2) is 0 Å². The molecule has 106 valence electrons. The highest BCUT2D eigenvalue weighted by atomic mass is 15.3. The number of piperidine rings is 1. The first kappa shape index (κ1) is 14.3. The first-order chi connectivity index (χ1) is 8.54. The first-order valence-electron chi connectivity index (χ1n) is 7.70. The minimum absolute atomic E-state index is 0.390. The third-order valence-electron chi connectivity index (χ3n) is 5.35. The van der Waals surface area contributed by atoms with E-state index in [-0.39, 0.29) is 0 Å². The van der Waals surface area contributed by atoms with Crippen molar-refractivity contribution in [2.24, 2.45) is 5.92 Å². The van der Waals surface area contributed by atoms with E-state index in [1.807, 2.05) is 0 Å². The van der Waals surface area contributed by atoms with Crippen molar-refractivity contribution >= 4 is 0 Å². The Morgan fingerprint density at radius 3 is 2.00 bits per heavy atom. The Hall–Kier alpha value is -0.120. The van der Waals surface area contributed by atoms with Gasteiger partial charge in [-0.15, -0.1) is 0 Å². The number of rotatable bonds is 3. The molecule has 18 heavy (non-hydrogen) atoms. The van der Waals surface area contributed by atoms with Gasteiger partial charge in [-0.25, -0.2) is 0 Å². The minimum Gasteiger partial charge on any atom is -0.304 e. The summed E-state index contributed by atoms with van der Waals surface area (Å²) in [5.74, 6) is 0.878. The van der Waals surface area contributed by atoms with Crippen LogP contribution in [-0.4, -0.2) is 73.1 Å². The zero-order valence-electron chi connectivity index (χ0n) is 12.8. The largest absolute Gasteiger partial charge is 0.304 e. The van der Waals surface area contributed by atoms with E-state index in [4.69, 9.17) is 0 Å². The second-order valence-electron chi connectivity index (χ2n) is 6.65. The molecule has 2 aliphatic rings. The molecule has 2 heterocycles. The van der Waals surface area contributed by atoms with E-state index >= 15 is 0 Å². The number of hydrogen-bond acceptors (Lipinski definition) is 3. The van der Waals surface area contributed by atoms with E-state index in [0.29, 0.717) is 5.54 Å². The van der Waals surface area contributed by atoms with Crippen molar-refractivity contribution in [1.82, 2.24) is 14.7 Å². The zero-order valence-corrected chi connectivity index (χ0v) is 12.8. The SMILES string of the molecule is CCN1CCC(C(C)(C)N2CCN(C)CC2)CC1. The minimum atomic E-state index is 0.390. The van der Waals surface area contributed by atoms with Gasteiger partial charge in [0.1, 0.15) is 0 Å². The molecule has 0 aromatic carbocycles. The molecule has 0 bridgehead atoms. The Morgan fingerprint density at radius 2 is 1.50 bits per heavy atom. The summed E-state index contributed by atoms with van der Waals surface area (Å²) in [4.78, 5) is 7.78. The predicted octanol–water partition coefficient (Wildman–Crippen LogP) is 1.74. The molecule has 0 aliphatic carbocycles. The summed E-state index contributed by atoms with van der Waals surface area (Å²) >= 11 is 0. The number of likely N-dealkylation sites (N-methyl/N-ethyl adjacent to an activating group) is 1. The van der Waals surface area contributed by atoms with Gasteiger partial charge in [-0.1, -0.05) is 6.92 Å². The van der Waals surface area contributed by atoms with Gasteiger partial charge in [0.05, 0.1) is 0 Å². The lowest BCUT2D eigenvalue weighted by atomic mass is 9.78. The molecule has 0 saturated carbocycles. The van der Waals surface area contributed by atoms with Crippen LogP contribution in [0.2, 0.25) is 0 Å². The van der Waals surface area contributed by atoms with Crippen LogP contribution in [0.5, 0.6) is 0 Å². The predicted molar refractivity (Wildman–Crippen MR) is 78.0 cm³/mol. The molecular formula is C15H31N3. The number of likely N-dealkylation sites (tertiary alicyclic amines) is 1. The third kappa shape index (κ3) is 3.06. The van der Waals surface area contributed by atoms with Crippen molar-refractivity contribution in [3.63, 3.8) is 0 Å². The van der Waals surface area contributed by atoms with E-state index in [9.17, 15) is 0 Å². The maximum Gasteiger partial charge on any atom is 0.0183 e. The third-order valence-corrected chi connectivity index (χ3v) is 5.35. The first-order valence-corrected chi connectivity index (χ1v) is 7.70. The molecule has 0 radical (unpaired) electrons. The van der Waals surface area contributed by atoms with E-state index < -0.39 is 0 Å². The molecule has 2 saturated heterocycles. The number of hydrogen-bond donors (Lipinski definition) is 0. The second-order valence-corrected chi connectivity index (χ2v) is 6.65. The Balaban J connectivity index is 1.90. The molecule has 0 atom stereocenters. The molecule has 3 heteroatoms. The molecule has 2 aliphatic heterocycles. The summed E-state index contributed by atoms with van der Waals surface area (Å²) in [7, 11) is 2.24. The van der Waals surface area contributed by atoms with Crippen molar-refractivity contribution < 1.29 is 0 Å². The van der Waals surface area contributed by atoms with E-state index in [0.717, 1.165) is 5.92 Å². The normalized spacial score (nSPS) is 26.7. The molecule has 0 amide bonds. The molecule has 2 rings (SSSR count). The molecule has 0 aromatic rings. The van der Waals surface area contributed by atoms with Crippen molar-refractivity contribution in [3.05, 3.63) is 0 Å². The monoisotopic (exact) mass is 253 g/mol. The van der Waals surface area contributed by atoms with Crippen molar-refractivity contribution in [1.29, 1.82) is 0 Å². The van der Waals surface area contributed by atoms with Crippen LogP contribution >= 0.6 is 0 Å². The summed E-state index contributed by atoms with van der Waals surface area (Å²) < 4.78 is 0. The van der Waals surface area contributed by atoms with Crippen LogP contribution in [0, 0.1) is 5.92 Å². The summed E-state index contributed by atoms with van der Waals surface area (Å²) in [6.07, 6.45) is 2.76. The van der Waals surface area contributed by atoms with Gasteiger partial charge in [-0.05, 0) is 59.3 Å². The number of nitrogens with zero attached hydrogens (tertiary/aromatic N) is 3. The quantitative estimate of drug-likeness (QED) is 0.759. The standard InChI is InChI=1S/C15H31N3/c1-5-17-8-6-14(7-9-17)15(2,3)18-12-10-16(4)11-13-18/h14H,5-13H2,1-4H3. The van der Waals surface area contributed by atoms with Gasteiger partial charge in [-0.2, -0.15) is 0 Å². The van der Waals surface area contributed by atoms with Gasteiger partial charge < -0.3 is 9.80 Å². The van der Waals surface area contributed by atoms with Crippen molar-refractivity contribution in [2.75, 3.05) is 52.9 Å². The smallest absolute Gasteiger partial charge is 0.0183 e. The van der Waals surface area contributed by atoms with Gasteiger partial charge in [-0.3, -0.25) is 4.90 Å². The lowest BCUT2D eigenvalue weighted by Gasteiger charge is -2.49. The van der Waals surface area contributed by atoms with Crippen LogP contribution in [0.25, 0.3) is 0 Å². The van der Waals surface area contributed by atoms with Crippen molar-refractivity contribution in [2.45, 2.75) is 39.2 Å². The average Bonchev–Trinajstić information content (AvgIpc) is 2.39. The topological polar surface area (TPSA) is 9.72 Å². The van der Waals surface area contributed by atoms with Gasteiger partial charge in [0.25, 0.3) is 0 Å². The van der Waals surface area contributed by atoms with Crippen molar-refractivity contribution in [3.8, 4) is 0 Å². The lowest BCUT2D eigenvalue weighted by Crippen LogP contribution is -2.58. The highest BCUT2D eigenvalue weighted by molar-refractivity contribution is 4.93. The van der Waals surface area contributed by atoms with Gasteiger partial charge in [0, 0.05) is 31.7 Å². The maximum absolute atomic E-state index is 2.74. The lowest BCUT2D eigenvalue weighted by molar-refractivity contribution is 0.000117. The van der Waals surface area contributed by atoms with Crippen LogP contribution in [0.1, 0.15) is 33.6 Å². The van der Waals surface area contributed by atoms with Crippen LogP contribution in [0.3, 0.4) is 0 Å². The fourth-order valence-electron chi connectivity index (χ4n) is 3.60. The molecule has 0 unspecified atom stereocenters. The molecule has 0 aromatic heterocycles. The van der Waals surface area contributed by atoms with E-state index in [1.54, 1.807) is 0 Å². The Morgan fingerprint density at radius 1 is 0.944 bits per heavy atom. The second kappa shape index (κ2) is 5.89. The zero-order chi connectivity index (χ0) is 13.2. The van der Waals surface area contributed by atoms with E-state index in [2.05, 4.69) is 42.5 Å². The van der Waals surface area contributed by atoms with Crippen LogP contribution in [-0.2, 0) is 0 Å². The summed E-state index contributed by atoms with van der Waals surface area (Å²) in [5.41, 5.74) is 0.390. The highest BCUT2D eigenvalue weighted by Gasteiger charge is 2.37. The molecule has 0 spiro atoms. The fraction of sp³-hybridized carbons (Fsp3) is 1.00. The molecule has 2 fully saturated rings. The summed E-state index contributed by atoms with van der Waals surface area (Å²) in [6.45, 7) is 16.0. The van der Waals surface area contributed by atoms with Gasteiger partial charge >= 0.3 is 0 Å². The molecule has 3 nitrogen and oxygen atoms in total. The summed E-state index contributed by atoms with van der Waals surface area (Å²) in [5, 5.41) is 0. The molecular weight excluding hydrogens is 222 g/mol. The van der Waals surface area contributed by atoms with Crippen LogP contribution < -0.4 is 0 Å². The van der Waals surface area contributed by atoms with Gasteiger partial charge in [0.2, 0.25) is 0 Å². The Kier molecular flexibility index (Phi) is 4.68.